The van der Waals surface area contributed by atoms with Crippen LogP contribution in [-0.4, -0.2) is 42.4 Å². The lowest BCUT2D eigenvalue weighted by Gasteiger charge is -2.11. The second-order valence-corrected chi connectivity index (χ2v) is 6.31. The van der Waals surface area contributed by atoms with E-state index in [9.17, 15) is 14.7 Å². The van der Waals surface area contributed by atoms with Gasteiger partial charge in [0.25, 0.3) is 5.91 Å². The molecule has 0 aliphatic heterocycles. The number of benzene rings is 2. The molecule has 2 rings (SSSR count). The van der Waals surface area contributed by atoms with Crippen molar-refractivity contribution >= 4 is 17.8 Å². The molecule has 0 spiro atoms. The van der Waals surface area contributed by atoms with Gasteiger partial charge in [-0.2, -0.15) is 0 Å². The van der Waals surface area contributed by atoms with Crippen LogP contribution in [0, 0.1) is 13.8 Å². The minimum Gasteiger partial charge on any atom is -0.507 e. The zero-order chi connectivity index (χ0) is 19.3. The molecule has 136 valence electrons. The topological polar surface area (TPSA) is 66.8 Å². The highest BCUT2D eigenvalue weighted by Crippen LogP contribution is 2.23. The van der Waals surface area contributed by atoms with Crippen molar-refractivity contribution in [2.24, 2.45) is 0 Å². The predicted octanol–water partition coefficient (Wildman–Crippen LogP) is 3.37. The van der Waals surface area contributed by atoms with Gasteiger partial charge >= 0.3 is 0 Å². The number of rotatable bonds is 6. The molecule has 2 aromatic rings. The van der Waals surface area contributed by atoms with Crippen molar-refractivity contribution in [3.05, 3.63) is 64.7 Å². The molecule has 0 aliphatic carbocycles. The summed E-state index contributed by atoms with van der Waals surface area (Å²) in [5, 5.41) is 9.81. The minimum absolute atomic E-state index is 0.0768. The Labute approximate surface area is 153 Å². The van der Waals surface area contributed by atoms with E-state index in [-0.39, 0.29) is 24.0 Å². The molecule has 1 amide bonds. The molecule has 5 heteroatoms. The number of phenolic OH excluding ortho intramolecular Hbond substituents is 1. The quantitative estimate of drug-likeness (QED) is 0.639. The summed E-state index contributed by atoms with van der Waals surface area (Å²) in [6, 6.07) is 10.4. The Morgan fingerprint density at radius 3 is 2.38 bits per heavy atom. The summed E-state index contributed by atoms with van der Waals surface area (Å²) >= 11 is 0. The van der Waals surface area contributed by atoms with Gasteiger partial charge in [-0.3, -0.25) is 9.59 Å². The van der Waals surface area contributed by atoms with Gasteiger partial charge in [0.15, 0.2) is 12.4 Å². The van der Waals surface area contributed by atoms with Crippen LogP contribution in [0.15, 0.2) is 42.5 Å². The van der Waals surface area contributed by atoms with Crippen molar-refractivity contribution in [1.29, 1.82) is 0 Å². The molecule has 0 radical (unpaired) electrons. The standard InChI is InChI=1S/C21H23NO4/c1-14-10-16(11-15(2)21(14)25)8-9-19(23)17-6-5-7-18(12-17)26-13-20(24)22(3)4/h5-12,25H,13H2,1-4H3/b9-8+. The second kappa shape index (κ2) is 8.34. The molecule has 0 aliphatic rings. The first-order valence-electron chi connectivity index (χ1n) is 8.23. The molecule has 0 heterocycles. The van der Waals surface area contributed by atoms with Gasteiger partial charge in [-0.25, -0.2) is 0 Å². The summed E-state index contributed by atoms with van der Waals surface area (Å²) < 4.78 is 5.43. The van der Waals surface area contributed by atoms with Crippen molar-refractivity contribution in [3.63, 3.8) is 0 Å². The number of aryl methyl sites for hydroxylation is 2. The van der Waals surface area contributed by atoms with E-state index in [2.05, 4.69) is 0 Å². The van der Waals surface area contributed by atoms with E-state index >= 15 is 0 Å². The second-order valence-electron chi connectivity index (χ2n) is 6.31. The van der Waals surface area contributed by atoms with Crippen molar-refractivity contribution in [1.82, 2.24) is 4.90 Å². The van der Waals surface area contributed by atoms with Gasteiger partial charge in [-0.1, -0.05) is 18.2 Å². The van der Waals surface area contributed by atoms with Gasteiger partial charge in [0.2, 0.25) is 0 Å². The SMILES string of the molecule is Cc1cc(/C=C/C(=O)c2cccc(OCC(=O)N(C)C)c2)cc(C)c1O. The number of amides is 1. The number of carbonyl (C=O) groups is 2. The van der Waals surface area contributed by atoms with Crippen LogP contribution in [0.2, 0.25) is 0 Å². The van der Waals surface area contributed by atoms with Crippen LogP contribution in [0.5, 0.6) is 11.5 Å². The maximum Gasteiger partial charge on any atom is 0.259 e. The highest BCUT2D eigenvalue weighted by Gasteiger charge is 2.08. The van der Waals surface area contributed by atoms with E-state index in [0.29, 0.717) is 11.3 Å². The molecule has 2 aromatic carbocycles. The third-order valence-corrected chi connectivity index (χ3v) is 3.92. The fourth-order valence-corrected chi connectivity index (χ4v) is 2.37. The number of ether oxygens (including phenoxy) is 1. The van der Waals surface area contributed by atoms with Crippen LogP contribution in [-0.2, 0) is 4.79 Å². The lowest BCUT2D eigenvalue weighted by molar-refractivity contribution is -0.130. The molecule has 0 saturated heterocycles. The number of hydrogen-bond donors (Lipinski definition) is 1. The number of phenols is 1. The van der Waals surface area contributed by atoms with Crippen LogP contribution >= 0.6 is 0 Å². The van der Waals surface area contributed by atoms with Crippen molar-refractivity contribution in [2.75, 3.05) is 20.7 Å². The molecule has 0 aromatic heterocycles. The fraction of sp³-hybridized carbons (Fsp3) is 0.238. The normalized spacial score (nSPS) is 10.8. The van der Waals surface area contributed by atoms with Crippen LogP contribution < -0.4 is 4.74 Å². The maximum absolute atomic E-state index is 12.4. The van der Waals surface area contributed by atoms with Crippen molar-refractivity contribution in [2.45, 2.75) is 13.8 Å². The monoisotopic (exact) mass is 353 g/mol. The van der Waals surface area contributed by atoms with Crippen LogP contribution in [0.3, 0.4) is 0 Å². The third-order valence-electron chi connectivity index (χ3n) is 3.92. The van der Waals surface area contributed by atoms with Crippen molar-refractivity contribution in [3.8, 4) is 11.5 Å². The van der Waals surface area contributed by atoms with Crippen molar-refractivity contribution < 1.29 is 19.4 Å². The number of nitrogens with zero attached hydrogens (tertiary/aromatic N) is 1. The Bertz CT molecular complexity index is 830. The first kappa shape index (κ1) is 19.2. The molecular weight excluding hydrogens is 330 g/mol. The molecule has 0 unspecified atom stereocenters. The fourth-order valence-electron chi connectivity index (χ4n) is 2.37. The maximum atomic E-state index is 12.4. The van der Waals surface area contributed by atoms with Gasteiger partial charge in [0, 0.05) is 19.7 Å². The van der Waals surface area contributed by atoms with Gasteiger partial charge in [-0.15, -0.1) is 0 Å². The number of aromatic hydroxyl groups is 1. The summed E-state index contributed by atoms with van der Waals surface area (Å²) in [7, 11) is 3.31. The number of allylic oxidation sites excluding steroid dienone is 1. The number of ketones is 1. The van der Waals surface area contributed by atoms with Gasteiger partial charge < -0.3 is 14.7 Å². The average Bonchev–Trinajstić information content (AvgIpc) is 2.62. The van der Waals surface area contributed by atoms with E-state index < -0.39 is 0 Å². The Hall–Kier alpha value is -3.08. The highest BCUT2D eigenvalue weighted by atomic mass is 16.5. The third kappa shape index (κ3) is 4.96. The molecule has 26 heavy (non-hydrogen) atoms. The highest BCUT2D eigenvalue weighted by molar-refractivity contribution is 6.07. The zero-order valence-electron chi connectivity index (χ0n) is 15.4. The number of hydrogen-bond acceptors (Lipinski definition) is 4. The van der Waals surface area contributed by atoms with E-state index in [1.54, 1.807) is 44.4 Å². The first-order valence-corrected chi connectivity index (χ1v) is 8.23. The Morgan fingerprint density at radius 1 is 1.12 bits per heavy atom. The number of likely N-dealkylation sites (N-methyl/N-ethyl adjacent to an activating group) is 1. The van der Waals surface area contributed by atoms with Gasteiger partial charge in [0.05, 0.1) is 0 Å². The summed E-state index contributed by atoms with van der Waals surface area (Å²) in [4.78, 5) is 25.4. The van der Waals surface area contributed by atoms with E-state index in [1.165, 1.54) is 11.0 Å². The van der Waals surface area contributed by atoms with Crippen LogP contribution in [0.25, 0.3) is 6.08 Å². The Kier molecular flexibility index (Phi) is 6.17. The largest absolute Gasteiger partial charge is 0.507 e. The van der Waals surface area contributed by atoms with Gasteiger partial charge in [-0.05, 0) is 60.9 Å². The first-order chi connectivity index (χ1) is 12.3. The molecule has 1 N–H and O–H groups in total. The molecule has 0 atom stereocenters. The van der Waals surface area contributed by atoms with E-state index in [0.717, 1.165) is 16.7 Å². The lowest BCUT2D eigenvalue weighted by atomic mass is 10.0. The molecule has 0 saturated carbocycles. The molecule has 0 fully saturated rings. The number of carbonyl (C=O) groups excluding carboxylic acids is 2. The van der Waals surface area contributed by atoms with E-state index in [1.807, 2.05) is 26.0 Å². The minimum atomic E-state index is -0.169. The Balaban J connectivity index is 2.10. The smallest absolute Gasteiger partial charge is 0.259 e. The zero-order valence-corrected chi connectivity index (χ0v) is 15.4. The molecule has 0 bridgehead atoms. The summed E-state index contributed by atoms with van der Waals surface area (Å²) in [6.45, 7) is 3.56. The lowest BCUT2D eigenvalue weighted by Crippen LogP contribution is -2.27. The molecular formula is C21H23NO4. The van der Waals surface area contributed by atoms with Gasteiger partial charge in [0.1, 0.15) is 11.5 Å². The van der Waals surface area contributed by atoms with E-state index in [4.69, 9.17) is 4.74 Å². The molecule has 5 nitrogen and oxygen atoms in total. The summed E-state index contributed by atoms with van der Waals surface area (Å²) in [5.74, 6) is 0.416. The summed E-state index contributed by atoms with van der Waals surface area (Å²) in [6.07, 6.45) is 3.19. The Morgan fingerprint density at radius 2 is 1.77 bits per heavy atom. The van der Waals surface area contributed by atoms with Crippen LogP contribution in [0.1, 0.15) is 27.0 Å². The predicted molar refractivity (Wildman–Crippen MR) is 102 cm³/mol. The average molecular weight is 353 g/mol. The van der Waals surface area contributed by atoms with Crippen LogP contribution in [0.4, 0.5) is 0 Å². The summed E-state index contributed by atoms with van der Waals surface area (Å²) in [5.41, 5.74) is 2.84.